The summed E-state index contributed by atoms with van der Waals surface area (Å²) in [4.78, 5) is 15.3. The summed E-state index contributed by atoms with van der Waals surface area (Å²) >= 11 is 0. The van der Waals surface area contributed by atoms with Crippen molar-refractivity contribution in [3.8, 4) is 0 Å². The lowest BCUT2D eigenvalue weighted by molar-refractivity contribution is 0.0954. The maximum Gasteiger partial charge on any atom is 0.253 e. The topological polar surface area (TPSA) is 44.4 Å². The Morgan fingerprint density at radius 3 is 2.55 bits per heavy atom. The predicted molar refractivity (Wildman–Crippen MR) is 136 cm³/mol. The van der Waals surface area contributed by atoms with Crippen LogP contribution in [-0.4, -0.2) is 26.5 Å². The van der Waals surface area contributed by atoms with Crippen LogP contribution in [-0.2, 0) is 6.42 Å². The molecule has 1 heterocycles. The number of nitrogens with zero attached hydrogens (tertiary/aromatic N) is 1. The highest BCUT2D eigenvalue weighted by atomic mass is 16.1. The number of rotatable bonds is 6. The van der Waals surface area contributed by atoms with Gasteiger partial charge < -0.3 is 15.5 Å². The third kappa shape index (κ3) is 4.25. The Kier molecular flexibility index (Phi) is 5.91. The Bertz CT molecular complexity index is 1150. The molecule has 3 aromatic rings. The van der Waals surface area contributed by atoms with Crippen molar-refractivity contribution in [1.82, 2.24) is 5.32 Å². The molecule has 168 valence electrons. The van der Waals surface area contributed by atoms with Gasteiger partial charge in [0.2, 0.25) is 0 Å². The molecular formula is C29H31N3O. The Morgan fingerprint density at radius 2 is 1.79 bits per heavy atom. The SMILES string of the molecule is CN(C)c1ccc(C2Nc3c(C(=O)NCCc4ccccc4)cccc3C3C=CCC32)cc1. The summed E-state index contributed by atoms with van der Waals surface area (Å²) < 4.78 is 0. The lowest BCUT2D eigenvalue weighted by atomic mass is 9.76. The van der Waals surface area contributed by atoms with Crippen molar-refractivity contribution in [1.29, 1.82) is 0 Å². The average molecular weight is 438 g/mol. The van der Waals surface area contributed by atoms with Crippen molar-refractivity contribution in [3.05, 3.63) is 107 Å². The summed E-state index contributed by atoms with van der Waals surface area (Å²) in [5, 5.41) is 6.91. The maximum atomic E-state index is 13.2. The molecule has 1 aliphatic carbocycles. The summed E-state index contributed by atoms with van der Waals surface area (Å²) in [5.41, 5.74) is 6.62. The van der Waals surface area contributed by atoms with Crippen molar-refractivity contribution in [3.63, 3.8) is 0 Å². The molecule has 3 aromatic carbocycles. The second kappa shape index (κ2) is 9.14. The fourth-order valence-electron chi connectivity index (χ4n) is 5.18. The van der Waals surface area contributed by atoms with Crippen molar-refractivity contribution >= 4 is 17.3 Å². The van der Waals surface area contributed by atoms with Crippen molar-refractivity contribution in [2.45, 2.75) is 24.8 Å². The van der Waals surface area contributed by atoms with Gasteiger partial charge in [-0.15, -0.1) is 0 Å². The number of hydrogen-bond acceptors (Lipinski definition) is 3. The number of benzene rings is 3. The van der Waals surface area contributed by atoms with Crippen LogP contribution in [0.2, 0.25) is 0 Å². The molecule has 0 fully saturated rings. The van der Waals surface area contributed by atoms with Crippen LogP contribution in [0.5, 0.6) is 0 Å². The first-order valence-electron chi connectivity index (χ1n) is 11.8. The highest BCUT2D eigenvalue weighted by Crippen LogP contribution is 2.50. The molecule has 0 radical (unpaired) electrons. The molecule has 4 heteroatoms. The highest BCUT2D eigenvalue weighted by Gasteiger charge is 2.39. The second-order valence-corrected chi connectivity index (χ2v) is 9.22. The Balaban J connectivity index is 1.39. The van der Waals surface area contributed by atoms with Gasteiger partial charge in [-0.25, -0.2) is 0 Å². The molecule has 3 atom stereocenters. The normalized spacial score (nSPS) is 20.5. The maximum absolute atomic E-state index is 13.2. The monoisotopic (exact) mass is 437 g/mol. The quantitative estimate of drug-likeness (QED) is 0.497. The third-order valence-corrected chi connectivity index (χ3v) is 6.95. The van der Waals surface area contributed by atoms with Crippen LogP contribution >= 0.6 is 0 Å². The van der Waals surface area contributed by atoms with E-state index in [1.165, 1.54) is 22.4 Å². The molecule has 5 rings (SSSR count). The molecule has 2 aliphatic rings. The van der Waals surface area contributed by atoms with Gasteiger partial charge in [0.15, 0.2) is 0 Å². The largest absolute Gasteiger partial charge is 0.378 e. The molecule has 2 N–H and O–H groups in total. The van der Waals surface area contributed by atoms with Crippen LogP contribution in [0.15, 0.2) is 84.9 Å². The van der Waals surface area contributed by atoms with E-state index >= 15 is 0 Å². The fourth-order valence-corrected chi connectivity index (χ4v) is 5.18. The number of amides is 1. The van der Waals surface area contributed by atoms with E-state index in [0.717, 1.165) is 24.1 Å². The summed E-state index contributed by atoms with van der Waals surface area (Å²) in [6.45, 7) is 0.619. The van der Waals surface area contributed by atoms with Crippen LogP contribution in [0.3, 0.4) is 0 Å². The smallest absolute Gasteiger partial charge is 0.253 e. The lowest BCUT2D eigenvalue weighted by Gasteiger charge is -2.38. The molecule has 33 heavy (non-hydrogen) atoms. The van der Waals surface area contributed by atoms with Gasteiger partial charge in [0.1, 0.15) is 0 Å². The molecule has 0 aromatic heterocycles. The number of fused-ring (bicyclic) bond motifs is 3. The van der Waals surface area contributed by atoms with Gasteiger partial charge >= 0.3 is 0 Å². The minimum absolute atomic E-state index is 0.0163. The van der Waals surface area contributed by atoms with Crippen molar-refractivity contribution in [2.24, 2.45) is 5.92 Å². The first-order valence-corrected chi connectivity index (χ1v) is 11.8. The van der Waals surface area contributed by atoms with Gasteiger partial charge in [-0.05, 0) is 53.6 Å². The number of nitrogens with one attached hydrogen (secondary N) is 2. The Hall–Kier alpha value is -3.53. The van der Waals surface area contributed by atoms with E-state index in [2.05, 4.69) is 84.2 Å². The number of carbonyl (C=O) groups excluding carboxylic acids is 1. The van der Waals surface area contributed by atoms with Crippen LogP contribution in [0.1, 0.15) is 45.4 Å². The van der Waals surface area contributed by atoms with Crippen LogP contribution in [0.25, 0.3) is 0 Å². The van der Waals surface area contributed by atoms with Crippen LogP contribution < -0.4 is 15.5 Å². The Morgan fingerprint density at radius 1 is 1.00 bits per heavy atom. The summed E-state index contributed by atoms with van der Waals surface area (Å²) in [7, 11) is 4.12. The van der Waals surface area contributed by atoms with E-state index in [1.807, 2.05) is 30.3 Å². The van der Waals surface area contributed by atoms with E-state index in [4.69, 9.17) is 0 Å². The van der Waals surface area contributed by atoms with Gasteiger partial charge in [-0.3, -0.25) is 4.79 Å². The number of anilines is 2. The molecule has 0 saturated heterocycles. The van der Waals surface area contributed by atoms with Gasteiger partial charge in [-0.1, -0.05) is 66.7 Å². The van der Waals surface area contributed by atoms with Crippen LogP contribution in [0, 0.1) is 5.92 Å². The number of allylic oxidation sites excluding steroid dienone is 2. The Labute approximate surface area is 196 Å². The van der Waals surface area contributed by atoms with Gasteiger partial charge in [-0.2, -0.15) is 0 Å². The van der Waals surface area contributed by atoms with Crippen molar-refractivity contribution in [2.75, 3.05) is 30.9 Å². The summed E-state index contributed by atoms with van der Waals surface area (Å²) in [6.07, 6.45) is 6.48. The van der Waals surface area contributed by atoms with E-state index in [9.17, 15) is 4.79 Å². The van der Waals surface area contributed by atoms with Gasteiger partial charge in [0, 0.05) is 32.2 Å². The van der Waals surface area contributed by atoms with E-state index in [-0.39, 0.29) is 11.9 Å². The summed E-state index contributed by atoms with van der Waals surface area (Å²) in [6, 6.07) is 25.3. The first kappa shape index (κ1) is 21.3. The van der Waals surface area contributed by atoms with Crippen LogP contribution in [0.4, 0.5) is 11.4 Å². The number of carbonyl (C=O) groups is 1. The predicted octanol–water partition coefficient (Wildman–Crippen LogP) is 5.55. The number of hydrogen-bond donors (Lipinski definition) is 2. The zero-order valence-electron chi connectivity index (χ0n) is 19.3. The third-order valence-electron chi connectivity index (χ3n) is 6.95. The molecule has 3 unspecified atom stereocenters. The summed E-state index contributed by atoms with van der Waals surface area (Å²) in [5.74, 6) is 0.772. The van der Waals surface area contributed by atoms with Gasteiger partial charge in [0.25, 0.3) is 5.91 Å². The van der Waals surface area contributed by atoms with E-state index in [0.29, 0.717) is 18.4 Å². The molecular weight excluding hydrogens is 406 g/mol. The first-order chi connectivity index (χ1) is 16.1. The number of para-hydroxylation sites is 1. The standard InChI is InChI=1S/C29H31N3O/c1-32(2)22-16-14-21(15-17-22)27-24-11-6-10-23(24)25-12-7-13-26(28(25)31-27)29(33)30-19-18-20-8-4-3-5-9-20/h3-10,12-17,23-24,27,31H,11,18-19H2,1-2H3,(H,30,33). The van der Waals surface area contributed by atoms with Gasteiger partial charge in [0.05, 0.1) is 17.3 Å². The van der Waals surface area contributed by atoms with E-state index in [1.54, 1.807) is 0 Å². The molecule has 1 aliphatic heterocycles. The molecule has 1 amide bonds. The lowest BCUT2D eigenvalue weighted by Crippen LogP contribution is -2.32. The highest BCUT2D eigenvalue weighted by molar-refractivity contribution is 6.00. The second-order valence-electron chi connectivity index (χ2n) is 9.22. The molecule has 0 bridgehead atoms. The van der Waals surface area contributed by atoms with Crippen molar-refractivity contribution < 1.29 is 4.79 Å². The zero-order valence-corrected chi connectivity index (χ0v) is 19.3. The molecule has 0 spiro atoms. The molecule has 4 nitrogen and oxygen atoms in total. The van der Waals surface area contributed by atoms with E-state index < -0.39 is 0 Å². The molecule has 0 saturated carbocycles. The minimum Gasteiger partial charge on any atom is -0.378 e. The average Bonchev–Trinajstić information content (AvgIpc) is 3.34. The zero-order chi connectivity index (χ0) is 22.8. The fraction of sp³-hybridized carbons (Fsp3) is 0.276. The minimum atomic E-state index is -0.0163.